The third-order valence-electron chi connectivity index (χ3n) is 2.92. The Balaban J connectivity index is 2.20. The topological polar surface area (TPSA) is 71.1 Å². The van der Waals surface area contributed by atoms with Gasteiger partial charge in [0, 0.05) is 18.3 Å². The van der Waals surface area contributed by atoms with E-state index in [0.29, 0.717) is 21.8 Å². The zero-order valence-corrected chi connectivity index (χ0v) is 12.3. The number of nitrogens with zero attached hydrogens (tertiary/aromatic N) is 1. The van der Waals surface area contributed by atoms with E-state index in [1.54, 1.807) is 37.7 Å². The third-order valence-corrected chi connectivity index (χ3v) is 3.84. The molecular weight excluding hydrogens is 274 g/mol. The van der Waals surface area contributed by atoms with Crippen LogP contribution in [0.1, 0.15) is 31.3 Å². The molecule has 0 aliphatic rings. The number of benzene rings is 1. The van der Waals surface area contributed by atoms with Crippen LogP contribution < -0.4 is 10.6 Å². The highest BCUT2D eigenvalue weighted by molar-refractivity contribution is 7.12. The highest BCUT2D eigenvalue weighted by Gasteiger charge is 2.13. The van der Waals surface area contributed by atoms with Crippen LogP contribution in [0.25, 0.3) is 0 Å². The van der Waals surface area contributed by atoms with Crippen LogP contribution >= 0.6 is 11.3 Å². The highest BCUT2D eigenvalue weighted by atomic mass is 32.1. The van der Waals surface area contributed by atoms with Gasteiger partial charge in [-0.2, -0.15) is 0 Å². The summed E-state index contributed by atoms with van der Waals surface area (Å²) >= 11 is 1.31. The average Bonchev–Trinajstić information content (AvgIpc) is 2.86. The van der Waals surface area contributed by atoms with Gasteiger partial charge in [-0.3, -0.25) is 9.59 Å². The molecule has 0 aliphatic heterocycles. The molecule has 1 heterocycles. The lowest BCUT2D eigenvalue weighted by atomic mass is 10.1. The molecule has 1 aromatic carbocycles. The summed E-state index contributed by atoms with van der Waals surface area (Å²) in [4.78, 5) is 28.3. The van der Waals surface area contributed by atoms with E-state index in [0.717, 1.165) is 5.56 Å². The van der Waals surface area contributed by atoms with Gasteiger partial charge in [0.05, 0.1) is 11.2 Å². The van der Waals surface area contributed by atoms with Crippen molar-refractivity contribution in [1.29, 1.82) is 0 Å². The van der Waals surface area contributed by atoms with E-state index in [4.69, 9.17) is 0 Å². The quantitative estimate of drug-likeness (QED) is 0.911. The Hall–Kier alpha value is -2.21. The number of aromatic nitrogens is 1. The van der Waals surface area contributed by atoms with E-state index in [-0.39, 0.29) is 11.8 Å². The van der Waals surface area contributed by atoms with Crippen LogP contribution in [0.3, 0.4) is 0 Å². The average molecular weight is 289 g/mol. The second kappa shape index (κ2) is 5.83. The molecule has 104 valence electrons. The molecule has 0 fully saturated rings. The normalized spacial score (nSPS) is 10.2. The molecule has 0 radical (unpaired) electrons. The predicted molar refractivity (Wildman–Crippen MR) is 79.4 cm³/mol. The first-order valence-electron chi connectivity index (χ1n) is 6.07. The lowest BCUT2D eigenvalue weighted by molar-refractivity contribution is 0.0962. The summed E-state index contributed by atoms with van der Waals surface area (Å²) in [5.74, 6) is -0.329. The minimum atomic E-state index is -0.180. The maximum atomic E-state index is 12.1. The first-order chi connectivity index (χ1) is 9.52. The van der Waals surface area contributed by atoms with Crippen molar-refractivity contribution in [3.05, 3.63) is 45.4 Å². The van der Waals surface area contributed by atoms with Gasteiger partial charge in [0.15, 0.2) is 0 Å². The van der Waals surface area contributed by atoms with Crippen LogP contribution in [0.4, 0.5) is 5.69 Å². The molecule has 0 unspecified atom stereocenters. The van der Waals surface area contributed by atoms with Crippen molar-refractivity contribution in [3.8, 4) is 0 Å². The van der Waals surface area contributed by atoms with E-state index in [2.05, 4.69) is 15.6 Å². The number of carbonyl (C=O) groups excluding carboxylic acids is 2. The highest BCUT2D eigenvalue weighted by Crippen LogP contribution is 2.19. The first-order valence-corrected chi connectivity index (χ1v) is 6.95. The molecule has 6 heteroatoms. The maximum Gasteiger partial charge on any atom is 0.267 e. The zero-order chi connectivity index (χ0) is 14.7. The van der Waals surface area contributed by atoms with Crippen LogP contribution in [0.2, 0.25) is 0 Å². The Labute approximate surface area is 121 Å². The van der Waals surface area contributed by atoms with Gasteiger partial charge in [-0.15, -0.1) is 11.3 Å². The minimum absolute atomic E-state index is 0.149. The van der Waals surface area contributed by atoms with Gasteiger partial charge < -0.3 is 10.6 Å². The van der Waals surface area contributed by atoms with E-state index < -0.39 is 0 Å². The van der Waals surface area contributed by atoms with Gasteiger partial charge in [0.25, 0.3) is 11.8 Å². The third kappa shape index (κ3) is 2.85. The SMILES string of the molecule is CNC(=O)c1ccc(NC(=O)c2scnc2C)c(C)c1. The predicted octanol–water partition coefficient (Wildman–Crippen LogP) is 2.37. The molecule has 2 amide bonds. The minimum Gasteiger partial charge on any atom is -0.355 e. The molecule has 2 rings (SSSR count). The van der Waals surface area contributed by atoms with Crippen LogP contribution in [-0.4, -0.2) is 23.8 Å². The van der Waals surface area contributed by atoms with E-state index >= 15 is 0 Å². The number of hydrogen-bond acceptors (Lipinski definition) is 4. The summed E-state index contributed by atoms with van der Waals surface area (Å²) in [6, 6.07) is 5.16. The lowest BCUT2D eigenvalue weighted by Crippen LogP contribution is -2.18. The molecule has 0 saturated heterocycles. The molecule has 0 spiro atoms. The zero-order valence-electron chi connectivity index (χ0n) is 11.5. The van der Waals surface area contributed by atoms with E-state index in [9.17, 15) is 9.59 Å². The Bertz CT molecular complexity index is 664. The molecule has 1 aromatic heterocycles. The fraction of sp³-hybridized carbons (Fsp3) is 0.214. The number of thiazole rings is 1. The molecule has 2 N–H and O–H groups in total. The molecule has 0 saturated carbocycles. The van der Waals surface area contributed by atoms with Gasteiger partial charge in [-0.1, -0.05) is 0 Å². The number of aryl methyl sites for hydroxylation is 2. The monoisotopic (exact) mass is 289 g/mol. The van der Waals surface area contributed by atoms with Crippen molar-refractivity contribution >= 4 is 28.8 Å². The number of hydrogen-bond donors (Lipinski definition) is 2. The van der Waals surface area contributed by atoms with Crippen molar-refractivity contribution in [2.45, 2.75) is 13.8 Å². The van der Waals surface area contributed by atoms with Crippen molar-refractivity contribution in [3.63, 3.8) is 0 Å². The second-order valence-corrected chi connectivity index (χ2v) is 5.18. The van der Waals surface area contributed by atoms with Crippen LogP contribution in [0, 0.1) is 13.8 Å². The lowest BCUT2D eigenvalue weighted by Gasteiger charge is -2.09. The van der Waals surface area contributed by atoms with Crippen molar-refractivity contribution in [1.82, 2.24) is 10.3 Å². The van der Waals surface area contributed by atoms with Gasteiger partial charge in [0.1, 0.15) is 4.88 Å². The summed E-state index contributed by atoms with van der Waals surface area (Å²) < 4.78 is 0. The fourth-order valence-electron chi connectivity index (χ4n) is 1.79. The smallest absolute Gasteiger partial charge is 0.267 e. The summed E-state index contributed by atoms with van der Waals surface area (Å²) in [5.41, 5.74) is 4.45. The Morgan fingerprint density at radius 1 is 1.20 bits per heavy atom. The summed E-state index contributed by atoms with van der Waals surface area (Å²) in [7, 11) is 1.58. The van der Waals surface area contributed by atoms with Gasteiger partial charge in [-0.05, 0) is 37.6 Å². The summed E-state index contributed by atoms with van der Waals surface area (Å²) in [5, 5.41) is 5.40. The molecule has 20 heavy (non-hydrogen) atoms. The molecule has 0 atom stereocenters. The largest absolute Gasteiger partial charge is 0.355 e. The standard InChI is InChI=1S/C14H15N3O2S/c1-8-6-10(13(18)15-3)4-5-11(8)17-14(19)12-9(2)16-7-20-12/h4-7H,1-3H3,(H,15,18)(H,17,19). The molecule has 5 nitrogen and oxygen atoms in total. The summed E-state index contributed by atoms with van der Waals surface area (Å²) in [6.07, 6.45) is 0. The molecule has 2 aromatic rings. The van der Waals surface area contributed by atoms with Crippen LogP contribution in [0.5, 0.6) is 0 Å². The van der Waals surface area contributed by atoms with Gasteiger partial charge in [-0.25, -0.2) is 4.98 Å². The fourth-order valence-corrected chi connectivity index (χ4v) is 2.49. The van der Waals surface area contributed by atoms with Crippen molar-refractivity contribution in [2.75, 3.05) is 12.4 Å². The van der Waals surface area contributed by atoms with Crippen LogP contribution in [-0.2, 0) is 0 Å². The number of amides is 2. The van der Waals surface area contributed by atoms with Gasteiger partial charge in [0.2, 0.25) is 0 Å². The Morgan fingerprint density at radius 3 is 2.50 bits per heavy atom. The molecule has 0 aliphatic carbocycles. The van der Waals surface area contributed by atoms with Crippen molar-refractivity contribution < 1.29 is 9.59 Å². The number of rotatable bonds is 3. The van der Waals surface area contributed by atoms with Crippen LogP contribution in [0.15, 0.2) is 23.7 Å². The Morgan fingerprint density at radius 2 is 1.95 bits per heavy atom. The molecule has 0 bridgehead atoms. The number of nitrogens with one attached hydrogen (secondary N) is 2. The maximum absolute atomic E-state index is 12.1. The van der Waals surface area contributed by atoms with Crippen molar-refractivity contribution in [2.24, 2.45) is 0 Å². The second-order valence-electron chi connectivity index (χ2n) is 4.33. The Kier molecular flexibility index (Phi) is 4.14. The van der Waals surface area contributed by atoms with Gasteiger partial charge >= 0.3 is 0 Å². The summed E-state index contributed by atoms with van der Waals surface area (Å²) in [6.45, 7) is 3.65. The number of anilines is 1. The van der Waals surface area contributed by atoms with E-state index in [1.807, 2.05) is 6.92 Å². The van der Waals surface area contributed by atoms with E-state index in [1.165, 1.54) is 11.3 Å². The first kappa shape index (κ1) is 14.2. The number of carbonyl (C=O) groups is 2. The molecular formula is C14H15N3O2S.